The Morgan fingerprint density at radius 3 is 2.64 bits per heavy atom. The van der Waals surface area contributed by atoms with Gasteiger partial charge in [0.1, 0.15) is 6.04 Å². The Kier molecular flexibility index (Phi) is 10.4. The van der Waals surface area contributed by atoms with E-state index in [-0.39, 0.29) is 5.41 Å². The molecule has 3 N–H and O–H groups in total. The van der Waals surface area contributed by atoms with Crippen LogP contribution < -0.4 is 10.6 Å². The largest absolute Gasteiger partial charge is 0.394 e. The highest BCUT2D eigenvalue weighted by Crippen LogP contribution is 2.40. The van der Waals surface area contributed by atoms with Gasteiger partial charge in [-0.15, -0.1) is 0 Å². The van der Waals surface area contributed by atoms with E-state index in [9.17, 15) is 14.7 Å². The molecule has 0 bridgehead atoms. The molecule has 7 heteroatoms. The number of nitrogens with one attached hydrogen (secondary N) is 2. The van der Waals surface area contributed by atoms with E-state index in [1.54, 1.807) is 0 Å². The summed E-state index contributed by atoms with van der Waals surface area (Å²) < 4.78 is 0. The number of rotatable bonds is 8. The molecule has 33 heavy (non-hydrogen) atoms. The maximum absolute atomic E-state index is 12.3. The molecular formula is C26H37N3O3S. The van der Waals surface area contributed by atoms with Crippen LogP contribution in [-0.4, -0.2) is 47.0 Å². The van der Waals surface area contributed by atoms with Gasteiger partial charge in [-0.25, -0.2) is 0 Å². The summed E-state index contributed by atoms with van der Waals surface area (Å²) in [5.74, 6) is -0.0912. The smallest absolute Gasteiger partial charge is 0.250 e. The maximum Gasteiger partial charge on any atom is 0.250 e. The zero-order valence-corrected chi connectivity index (χ0v) is 21.2. The standard InChI is InChI=1S/C26H37N3O3S/c1-18(11-12-21-20(3)10-7-13-26(21,4)5)8-6-9-19(2)16-23(31)28-22(17-30)24(32)29-25-27-14-15-33-25/h6,8-9,11-12,16,22,30H,7,10,13-15,17H2,1-5H3,(H,28,31)(H,27,29,32). The average molecular weight is 472 g/mol. The van der Waals surface area contributed by atoms with Crippen LogP contribution in [0.2, 0.25) is 0 Å². The van der Waals surface area contributed by atoms with Gasteiger partial charge < -0.3 is 15.7 Å². The maximum atomic E-state index is 12.3. The first-order valence-corrected chi connectivity index (χ1v) is 12.4. The molecule has 1 atom stereocenters. The summed E-state index contributed by atoms with van der Waals surface area (Å²) >= 11 is 1.44. The fourth-order valence-corrected chi connectivity index (χ4v) is 4.63. The number of carbonyl (C=O) groups excluding carboxylic acids is 2. The fraction of sp³-hybridized carbons (Fsp3) is 0.500. The van der Waals surface area contributed by atoms with Crippen LogP contribution in [0.3, 0.4) is 0 Å². The van der Waals surface area contributed by atoms with Crippen molar-refractivity contribution in [3.63, 3.8) is 0 Å². The monoisotopic (exact) mass is 471 g/mol. The molecule has 2 amide bonds. The zero-order chi connectivity index (χ0) is 24.4. The van der Waals surface area contributed by atoms with E-state index in [1.165, 1.54) is 48.2 Å². The molecule has 0 aromatic heterocycles. The topological polar surface area (TPSA) is 90.8 Å². The Hall–Kier alpha value is -2.38. The highest BCUT2D eigenvalue weighted by Gasteiger charge is 2.26. The number of amides is 2. The summed E-state index contributed by atoms with van der Waals surface area (Å²) in [6.07, 6.45) is 15.2. The third-order valence-corrected chi connectivity index (χ3v) is 6.65. The van der Waals surface area contributed by atoms with Gasteiger partial charge in [0.15, 0.2) is 5.17 Å². The Balaban J connectivity index is 1.91. The van der Waals surface area contributed by atoms with Gasteiger partial charge in [-0.3, -0.25) is 14.6 Å². The fourth-order valence-electron chi connectivity index (χ4n) is 3.90. The summed E-state index contributed by atoms with van der Waals surface area (Å²) in [6.45, 7) is 10.9. The Morgan fingerprint density at radius 2 is 2.00 bits per heavy atom. The quantitative estimate of drug-likeness (QED) is 0.365. The number of thioether (sulfide) groups is 1. The Labute approximate surface area is 202 Å². The molecule has 1 unspecified atom stereocenters. The number of hydrogen-bond acceptors (Lipinski definition) is 5. The van der Waals surface area contributed by atoms with Crippen LogP contribution in [0.25, 0.3) is 0 Å². The number of allylic oxidation sites excluding steroid dienone is 9. The normalized spacial score (nSPS) is 20.4. The first-order chi connectivity index (χ1) is 15.6. The molecule has 1 aliphatic heterocycles. The third-order valence-electron chi connectivity index (χ3n) is 5.76. The van der Waals surface area contributed by atoms with Crippen molar-refractivity contribution >= 4 is 28.7 Å². The number of nitrogens with zero attached hydrogens (tertiary/aromatic N) is 1. The highest BCUT2D eigenvalue weighted by molar-refractivity contribution is 8.14. The van der Waals surface area contributed by atoms with Gasteiger partial charge in [0.2, 0.25) is 5.91 Å². The number of aliphatic hydroxyl groups excluding tert-OH is 1. The first-order valence-electron chi connectivity index (χ1n) is 11.4. The van der Waals surface area contributed by atoms with Crippen molar-refractivity contribution in [1.82, 2.24) is 10.6 Å². The number of aliphatic imine (C=N–C) groups is 1. The summed E-state index contributed by atoms with van der Waals surface area (Å²) in [5, 5.41) is 15.2. The van der Waals surface area contributed by atoms with E-state index in [0.717, 1.165) is 16.9 Å². The van der Waals surface area contributed by atoms with Crippen LogP contribution in [0, 0.1) is 5.41 Å². The van der Waals surface area contributed by atoms with Gasteiger partial charge in [0, 0.05) is 11.8 Å². The molecule has 1 heterocycles. The molecular weight excluding hydrogens is 434 g/mol. The second-order valence-electron chi connectivity index (χ2n) is 9.19. The molecule has 0 saturated carbocycles. The zero-order valence-electron chi connectivity index (χ0n) is 20.4. The molecule has 0 radical (unpaired) electrons. The minimum atomic E-state index is -1.02. The van der Waals surface area contributed by atoms with E-state index < -0.39 is 24.5 Å². The lowest BCUT2D eigenvalue weighted by atomic mass is 9.72. The molecule has 1 aliphatic carbocycles. The number of amidine groups is 1. The van der Waals surface area contributed by atoms with Crippen LogP contribution in [0.4, 0.5) is 0 Å². The SMILES string of the molecule is CC(C=CC1=C(C)CCCC1(C)C)=CC=CC(C)=CC(=O)NC(CO)C(=O)NC1=NCCS1. The Morgan fingerprint density at radius 1 is 1.24 bits per heavy atom. The first kappa shape index (κ1) is 26.9. The van der Waals surface area contributed by atoms with E-state index >= 15 is 0 Å². The second-order valence-corrected chi connectivity index (χ2v) is 10.3. The van der Waals surface area contributed by atoms with Gasteiger partial charge in [-0.2, -0.15) is 0 Å². The second kappa shape index (κ2) is 12.8. The van der Waals surface area contributed by atoms with Crippen molar-refractivity contribution in [2.75, 3.05) is 18.9 Å². The molecule has 0 saturated heterocycles. The van der Waals surface area contributed by atoms with Gasteiger partial charge >= 0.3 is 0 Å². The van der Waals surface area contributed by atoms with Crippen molar-refractivity contribution in [2.45, 2.75) is 59.9 Å². The lowest BCUT2D eigenvalue weighted by Crippen LogP contribution is -2.49. The summed E-state index contributed by atoms with van der Waals surface area (Å²) in [6, 6.07) is -1.02. The van der Waals surface area contributed by atoms with Crippen molar-refractivity contribution in [3.05, 3.63) is 58.7 Å². The van der Waals surface area contributed by atoms with Crippen molar-refractivity contribution in [3.8, 4) is 0 Å². The van der Waals surface area contributed by atoms with Gasteiger partial charge in [0.25, 0.3) is 5.91 Å². The molecule has 2 rings (SSSR count). The number of aliphatic hydroxyl groups is 1. The van der Waals surface area contributed by atoms with E-state index in [2.05, 4.69) is 55.5 Å². The molecule has 2 aliphatic rings. The van der Waals surface area contributed by atoms with Crippen molar-refractivity contribution in [1.29, 1.82) is 0 Å². The third kappa shape index (κ3) is 8.82. The summed E-state index contributed by atoms with van der Waals surface area (Å²) in [5.41, 5.74) is 4.98. The number of hydrogen-bond donors (Lipinski definition) is 3. The number of carbonyl (C=O) groups is 2. The van der Waals surface area contributed by atoms with Gasteiger partial charge in [-0.1, -0.05) is 67.1 Å². The molecule has 180 valence electrons. The summed E-state index contributed by atoms with van der Waals surface area (Å²) in [4.78, 5) is 28.6. The predicted octanol–water partition coefficient (Wildman–Crippen LogP) is 4.21. The van der Waals surface area contributed by atoms with E-state index in [0.29, 0.717) is 11.7 Å². The van der Waals surface area contributed by atoms with E-state index in [4.69, 9.17) is 0 Å². The van der Waals surface area contributed by atoms with Crippen molar-refractivity contribution < 1.29 is 14.7 Å². The highest BCUT2D eigenvalue weighted by atomic mass is 32.2. The van der Waals surface area contributed by atoms with Crippen LogP contribution in [0.15, 0.2) is 63.7 Å². The van der Waals surface area contributed by atoms with Crippen molar-refractivity contribution in [2.24, 2.45) is 10.4 Å². The van der Waals surface area contributed by atoms with Crippen LogP contribution in [0.5, 0.6) is 0 Å². The predicted molar refractivity (Wildman–Crippen MR) is 138 cm³/mol. The van der Waals surface area contributed by atoms with Gasteiger partial charge in [0.05, 0.1) is 13.2 Å². The molecule has 0 aromatic carbocycles. The van der Waals surface area contributed by atoms with Gasteiger partial charge in [-0.05, 0) is 56.6 Å². The minimum absolute atomic E-state index is 0.217. The lowest BCUT2D eigenvalue weighted by Gasteiger charge is -2.32. The van der Waals surface area contributed by atoms with E-state index in [1.807, 2.05) is 25.2 Å². The van der Waals surface area contributed by atoms with Crippen LogP contribution in [-0.2, 0) is 9.59 Å². The molecule has 0 aromatic rings. The average Bonchev–Trinajstić information content (AvgIpc) is 3.24. The molecule has 6 nitrogen and oxygen atoms in total. The molecule has 0 fully saturated rings. The Bertz CT molecular complexity index is 923. The minimum Gasteiger partial charge on any atom is -0.394 e. The summed E-state index contributed by atoms with van der Waals surface area (Å²) in [7, 11) is 0. The molecule has 0 spiro atoms. The van der Waals surface area contributed by atoms with Crippen LogP contribution in [0.1, 0.15) is 53.9 Å². The lowest BCUT2D eigenvalue weighted by molar-refractivity contribution is -0.127. The van der Waals surface area contributed by atoms with Crippen LogP contribution >= 0.6 is 11.8 Å².